The number of allylic oxidation sites excluding steroid dienone is 2. The number of benzene rings is 1. The van der Waals surface area contributed by atoms with Crippen molar-refractivity contribution in [2.45, 2.75) is 25.6 Å². The van der Waals surface area contributed by atoms with Crippen LogP contribution in [0.25, 0.3) is 0 Å². The second-order valence-corrected chi connectivity index (χ2v) is 4.76. The van der Waals surface area contributed by atoms with Crippen molar-refractivity contribution in [3.8, 4) is 5.75 Å². The van der Waals surface area contributed by atoms with Gasteiger partial charge in [0.1, 0.15) is 11.8 Å². The fraction of sp³-hybridized carbons (Fsp3) is 0.294. The van der Waals surface area contributed by atoms with E-state index in [0.717, 1.165) is 5.56 Å². The highest BCUT2D eigenvalue weighted by Crippen LogP contribution is 2.14. The van der Waals surface area contributed by atoms with E-state index < -0.39 is 18.0 Å². The first kappa shape index (κ1) is 22.2. The summed E-state index contributed by atoms with van der Waals surface area (Å²) >= 11 is 0. The lowest BCUT2D eigenvalue weighted by atomic mass is 10.1. The van der Waals surface area contributed by atoms with Crippen LogP contribution in [0.5, 0.6) is 5.75 Å². The largest absolute Gasteiger partial charge is 0.508 e. The number of phenolic OH excluding ortho intramolecular Hbond substituents is 1. The van der Waals surface area contributed by atoms with Crippen LogP contribution in [0.3, 0.4) is 0 Å². The molecule has 0 aliphatic heterocycles. The Labute approximate surface area is 143 Å². The number of methoxy groups -OCH3 is 1. The number of rotatable bonds is 6. The summed E-state index contributed by atoms with van der Waals surface area (Å²) in [6.07, 6.45) is 0.804. The van der Waals surface area contributed by atoms with Gasteiger partial charge >= 0.3 is 12.1 Å². The van der Waals surface area contributed by atoms with Crippen molar-refractivity contribution in [2.75, 3.05) is 7.11 Å². The number of aromatic hydroxyl groups is 1. The zero-order valence-corrected chi connectivity index (χ0v) is 13.8. The third kappa shape index (κ3) is 9.85. The molecule has 1 aromatic rings. The van der Waals surface area contributed by atoms with Gasteiger partial charge in [0.2, 0.25) is 5.78 Å². The van der Waals surface area contributed by atoms with Crippen molar-refractivity contribution in [1.29, 1.82) is 0 Å². The maximum Gasteiger partial charge on any atom is 0.449 e. The smallest absolute Gasteiger partial charge is 0.449 e. The van der Waals surface area contributed by atoms with Gasteiger partial charge in [0.05, 0.1) is 7.11 Å². The average molecular weight is 359 g/mol. The molecule has 0 bridgehead atoms. The van der Waals surface area contributed by atoms with Crippen molar-refractivity contribution in [3.05, 3.63) is 54.8 Å². The average Bonchev–Trinajstić information content (AvgIpc) is 2.55. The number of nitrogens with one attached hydrogen (secondary N) is 1. The number of ketones is 1. The minimum absolute atomic E-state index is 0.202. The monoisotopic (exact) mass is 359 g/mol. The Balaban J connectivity index is 0.000000697. The van der Waals surface area contributed by atoms with Crippen molar-refractivity contribution >= 4 is 11.8 Å². The summed E-state index contributed by atoms with van der Waals surface area (Å²) < 4.78 is 37.2. The molecule has 1 rings (SSSR count). The first-order valence-corrected chi connectivity index (χ1v) is 7.09. The second-order valence-electron chi connectivity index (χ2n) is 4.76. The Morgan fingerprint density at radius 3 is 2.24 bits per heavy atom. The van der Waals surface area contributed by atoms with Gasteiger partial charge in [-0.05, 0) is 30.0 Å². The fourth-order valence-corrected chi connectivity index (χ4v) is 1.46. The Hall–Kier alpha value is -2.77. The molecule has 1 aromatic carbocycles. The number of phenols is 1. The number of alkyl halides is 3. The van der Waals surface area contributed by atoms with E-state index in [1.165, 1.54) is 7.11 Å². The van der Waals surface area contributed by atoms with E-state index in [1.807, 2.05) is 0 Å². The third-order valence-electron chi connectivity index (χ3n) is 2.79. The normalized spacial score (nSPS) is 11.9. The molecule has 138 valence electrons. The van der Waals surface area contributed by atoms with E-state index in [1.54, 1.807) is 42.6 Å². The predicted octanol–water partition coefficient (Wildman–Crippen LogP) is 2.90. The van der Waals surface area contributed by atoms with E-state index in [2.05, 4.69) is 11.9 Å². The van der Waals surface area contributed by atoms with Crippen molar-refractivity contribution < 1.29 is 32.6 Å². The Kier molecular flexibility index (Phi) is 9.69. The molecule has 0 saturated carbocycles. The van der Waals surface area contributed by atoms with Gasteiger partial charge in [-0.1, -0.05) is 24.8 Å². The molecular formula is C17H20F3NO4. The molecule has 8 heteroatoms. The fourth-order valence-electron chi connectivity index (χ4n) is 1.46. The van der Waals surface area contributed by atoms with E-state index in [4.69, 9.17) is 4.74 Å². The first-order chi connectivity index (χ1) is 11.6. The van der Waals surface area contributed by atoms with Crippen LogP contribution in [-0.2, 0) is 20.7 Å². The number of carbonyl (C=O) groups is 2. The number of carbonyl (C=O) groups excluding carboxylic acids is 2. The lowest BCUT2D eigenvalue weighted by Crippen LogP contribution is -2.36. The number of ether oxygens (including phenoxy) is 1. The number of esters is 1. The highest BCUT2D eigenvalue weighted by Gasteiger charge is 2.33. The van der Waals surface area contributed by atoms with Gasteiger partial charge in [-0.3, -0.25) is 4.79 Å². The third-order valence-corrected chi connectivity index (χ3v) is 2.79. The van der Waals surface area contributed by atoms with E-state index in [-0.39, 0.29) is 11.7 Å². The maximum atomic E-state index is 11.6. The van der Waals surface area contributed by atoms with Crippen LogP contribution in [0, 0.1) is 0 Å². The summed E-state index contributed by atoms with van der Waals surface area (Å²) in [6, 6.07) is 6.25. The first-order valence-electron chi connectivity index (χ1n) is 7.09. The molecule has 0 heterocycles. The molecule has 1 unspecified atom stereocenters. The van der Waals surface area contributed by atoms with Gasteiger partial charge in [0.15, 0.2) is 0 Å². The SMILES string of the molecule is C=C/C=C\NC(Cc1ccc(O)cc1)C(=O)OC.CC(=O)C(F)(F)F. The van der Waals surface area contributed by atoms with Gasteiger partial charge < -0.3 is 15.2 Å². The second kappa shape index (κ2) is 10.9. The molecule has 0 saturated heterocycles. The zero-order valence-electron chi connectivity index (χ0n) is 13.8. The standard InChI is InChI=1S/C14H17NO3.C3H3F3O/c1-3-4-9-15-13(14(17)18-2)10-11-5-7-12(16)8-6-11;1-2(7)3(4,5)6/h3-9,13,15-16H,1,10H2,2H3;1H3/b9-4-;. The van der Waals surface area contributed by atoms with E-state index >= 15 is 0 Å². The van der Waals surface area contributed by atoms with Gasteiger partial charge in [-0.15, -0.1) is 0 Å². The molecule has 0 aliphatic carbocycles. The number of hydrogen-bond acceptors (Lipinski definition) is 5. The Morgan fingerprint density at radius 2 is 1.84 bits per heavy atom. The quantitative estimate of drug-likeness (QED) is 0.603. The van der Waals surface area contributed by atoms with Crippen LogP contribution in [0.1, 0.15) is 12.5 Å². The van der Waals surface area contributed by atoms with Gasteiger partial charge in [-0.25, -0.2) is 4.79 Å². The highest BCUT2D eigenvalue weighted by molar-refractivity contribution is 5.81. The van der Waals surface area contributed by atoms with Crippen LogP contribution in [0.15, 0.2) is 49.2 Å². The summed E-state index contributed by atoms with van der Waals surface area (Å²) in [6.45, 7) is 4.03. The van der Waals surface area contributed by atoms with E-state index in [0.29, 0.717) is 13.3 Å². The lowest BCUT2D eigenvalue weighted by Gasteiger charge is -2.14. The molecule has 0 fully saturated rings. The van der Waals surface area contributed by atoms with Crippen molar-refractivity contribution in [2.24, 2.45) is 0 Å². The molecule has 1 atom stereocenters. The summed E-state index contributed by atoms with van der Waals surface area (Å²) in [4.78, 5) is 20.9. The molecule has 0 amide bonds. The lowest BCUT2D eigenvalue weighted by molar-refractivity contribution is -0.168. The molecule has 0 aromatic heterocycles. The van der Waals surface area contributed by atoms with E-state index in [9.17, 15) is 27.9 Å². The number of hydrogen-bond donors (Lipinski definition) is 2. The summed E-state index contributed by atoms with van der Waals surface area (Å²) in [5.41, 5.74) is 0.933. The van der Waals surface area contributed by atoms with Crippen LogP contribution in [-0.4, -0.2) is 36.2 Å². The van der Waals surface area contributed by atoms with Crippen LogP contribution in [0.4, 0.5) is 13.2 Å². The van der Waals surface area contributed by atoms with Crippen LogP contribution in [0.2, 0.25) is 0 Å². The maximum absolute atomic E-state index is 11.6. The van der Waals surface area contributed by atoms with Crippen LogP contribution < -0.4 is 5.32 Å². The Bertz CT molecular complexity index is 595. The van der Waals surface area contributed by atoms with Crippen LogP contribution >= 0.6 is 0 Å². The molecule has 0 spiro atoms. The highest BCUT2D eigenvalue weighted by atomic mass is 19.4. The minimum atomic E-state index is -4.64. The summed E-state index contributed by atoms with van der Waals surface area (Å²) in [7, 11) is 1.35. The van der Waals surface area contributed by atoms with Gasteiger partial charge in [0, 0.05) is 13.3 Å². The Morgan fingerprint density at radius 1 is 1.32 bits per heavy atom. The molecule has 5 nitrogen and oxygen atoms in total. The molecule has 0 aliphatic rings. The minimum Gasteiger partial charge on any atom is -0.508 e. The van der Waals surface area contributed by atoms with Crippen molar-refractivity contribution in [1.82, 2.24) is 5.32 Å². The molecule has 0 radical (unpaired) electrons. The molecule has 2 N–H and O–H groups in total. The predicted molar refractivity (Wildman–Crippen MR) is 86.8 cm³/mol. The number of halogens is 3. The molecular weight excluding hydrogens is 339 g/mol. The zero-order chi connectivity index (χ0) is 19.5. The summed E-state index contributed by atoms with van der Waals surface area (Å²) in [5, 5.41) is 12.1. The van der Waals surface area contributed by atoms with Gasteiger partial charge in [-0.2, -0.15) is 13.2 Å². The van der Waals surface area contributed by atoms with Gasteiger partial charge in [0.25, 0.3) is 0 Å². The summed E-state index contributed by atoms with van der Waals surface area (Å²) in [5.74, 6) is -1.89. The molecule has 25 heavy (non-hydrogen) atoms. The van der Waals surface area contributed by atoms with Crippen molar-refractivity contribution in [3.63, 3.8) is 0 Å². The topological polar surface area (TPSA) is 75.6 Å². The number of Topliss-reactive ketones (excluding diaryl/α,β-unsaturated/α-hetero) is 1.